The van der Waals surface area contributed by atoms with E-state index in [0.717, 1.165) is 0 Å². The van der Waals surface area contributed by atoms with E-state index in [0.29, 0.717) is 22.6 Å². The Kier molecular flexibility index (Phi) is 6.61. The third-order valence-corrected chi connectivity index (χ3v) is 3.63. The first-order valence-electron chi connectivity index (χ1n) is 7.41. The van der Waals surface area contributed by atoms with Crippen molar-refractivity contribution in [2.75, 3.05) is 7.11 Å². The van der Waals surface area contributed by atoms with Crippen LogP contribution in [0.1, 0.15) is 17.5 Å². The maximum atomic E-state index is 13.7. The van der Waals surface area contributed by atoms with Gasteiger partial charge < -0.3 is 14.8 Å². The zero-order valence-electron chi connectivity index (χ0n) is 13.5. The van der Waals surface area contributed by atoms with Gasteiger partial charge in [0.05, 0.1) is 18.2 Å². The lowest BCUT2D eigenvalue weighted by atomic mass is 10.2. The van der Waals surface area contributed by atoms with Crippen LogP contribution in [-0.2, 0) is 17.9 Å². The normalized spacial score (nSPS) is 10.0. The van der Waals surface area contributed by atoms with Crippen molar-refractivity contribution in [3.8, 4) is 17.6 Å². The molecule has 0 fully saturated rings. The maximum absolute atomic E-state index is 13.7. The largest absolute Gasteiger partial charge is 0.493 e. The van der Waals surface area contributed by atoms with Crippen LogP contribution in [0.15, 0.2) is 36.4 Å². The minimum absolute atomic E-state index is 0.000997. The first kappa shape index (κ1) is 18.6. The average Bonchev–Trinajstić information content (AvgIpc) is 2.60. The summed E-state index contributed by atoms with van der Waals surface area (Å²) in [5.74, 6) is -0.0835. The minimum Gasteiger partial charge on any atom is -0.493 e. The number of hydrogen-bond donors (Lipinski definition) is 1. The van der Waals surface area contributed by atoms with E-state index in [1.54, 1.807) is 36.4 Å². The monoisotopic (exact) mass is 362 g/mol. The summed E-state index contributed by atoms with van der Waals surface area (Å²) < 4.78 is 24.6. The number of methoxy groups -OCH3 is 1. The van der Waals surface area contributed by atoms with Crippen LogP contribution in [0.3, 0.4) is 0 Å². The van der Waals surface area contributed by atoms with Crippen LogP contribution < -0.4 is 14.8 Å². The van der Waals surface area contributed by atoms with E-state index in [1.807, 2.05) is 0 Å². The molecule has 1 N–H and O–H groups in total. The molecule has 0 saturated carbocycles. The van der Waals surface area contributed by atoms with Gasteiger partial charge in [0.2, 0.25) is 5.91 Å². The van der Waals surface area contributed by atoms with E-state index in [4.69, 9.17) is 26.3 Å². The van der Waals surface area contributed by atoms with Gasteiger partial charge in [-0.05, 0) is 23.8 Å². The SMILES string of the molecule is COc1cc(CNC(=O)CC#N)cc(Cl)c1OCc1ccccc1F. The summed E-state index contributed by atoms with van der Waals surface area (Å²) >= 11 is 6.23. The molecule has 7 heteroatoms. The van der Waals surface area contributed by atoms with E-state index >= 15 is 0 Å². The van der Waals surface area contributed by atoms with Crippen molar-refractivity contribution in [2.45, 2.75) is 19.6 Å². The topological polar surface area (TPSA) is 71.3 Å². The lowest BCUT2D eigenvalue weighted by molar-refractivity contribution is -0.120. The molecule has 130 valence electrons. The molecule has 0 saturated heterocycles. The highest BCUT2D eigenvalue weighted by Gasteiger charge is 2.14. The fraction of sp³-hybridized carbons (Fsp3) is 0.222. The Bertz CT molecular complexity index is 805. The highest BCUT2D eigenvalue weighted by Crippen LogP contribution is 2.37. The second-order valence-electron chi connectivity index (χ2n) is 5.10. The molecule has 0 unspecified atom stereocenters. The highest BCUT2D eigenvalue weighted by atomic mass is 35.5. The quantitative estimate of drug-likeness (QED) is 0.817. The molecule has 0 radical (unpaired) electrons. The lowest BCUT2D eigenvalue weighted by Gasteiger charge is -2.15. The van der Waals surface area contributed by atoms with Crippen molar-refractivity contribution >= 4 is 17.5 Å². The molecule has 0 heterocycles. The van der Waals surface area contributed by atoms with Gasteiger partial charge in [-0.15, -0.1) is 0 Å². The van der Waals surface area contributed by atoms with Gasteiger partial charge in [0.15, 0.2) is 11.5 Å². The Morgan fingerprint density at radius 3 is 2.80 bits per heavy atom. The minimum atomic E-state index is -0.377. The number of carbonyl (C=O) groups excluding carboxylic acids is 1. The molecule has 0 aliphatic heterocycles. The smallest absolute Gasteiger partial charge is 0.234 e. The average molecular weight is 363 g/mol. The second kappa shape index (κ2) is 8.90. The Hall–Kier alpha value is -2.78. The molecular formula is C18H16ClFN2O3. The summed E-state index contributed by atoms with van der Waals surface area (Å²) in [5, 5.41) is 11.3. The van der Waals surface area contributed by atoms with E-state index in [2.05, 4.69) is 5.32 Å². The van der Waals surface area contributed by atoms with Gasteiger partial charge in [0, 0.05) is 12.1 Å². The standard InChI is InChI=1S/C18H16ClFN2O3/c1-24-16-9-12(10-22-17(23)6-7-21)8-14(19)18(16)25-11-13-4-2-3-5-15(13)20/h2-5,8-9H,6,10-11H2,1H3,(H,22,23). The van der Waals surface area contributed by atoms with Crippen molar-refractivity contribution in [1.82, 2.24) is 5.32 Å². The first-order valence-corrected chi connectivity index (χ1v) is 7.79. The molecule has 0 bridgehead atoms. The molecule has 0 aromatic heterocycles. The molecule has 2 aromatic carbocycles. The predicted molar refractivity (Wildman–Crippen MR) is 90.8 cm³/mol. The summed E-state index contributed by atoms with van der Waals surface area (Å²) in [4.78, 5) is 11.4. The van der Waals surface area contributed by atoms with E-state index in [9.17, 15) is 9.18 Å². The van der Waals surface area contributed by atoms with E-state index in [-0.39, 0.29) is 36.3 Å². The molecular weight excluding hydrogens is 347 g/mol. The van der Waals surface area contributed by atoms with Gasteiger partial charge in [0.25, 0.3) is 0 Å². The maximum Gasteiger partial charge on any atom is 0.234 e. The van der Waals surface area contributed by atoms with Crippen LogP contribution >= 0.6 is 11.6 Å². The van der Waals surface area contributed by atoms with Gasteiger partial charge >= 0.3 is 0 Å². The predicted octanol–water partition coefficient (Wildman–Crippen LogP) is 3.60. The summed E-state index contributed by atoms with van der Waals surface area (Å²) in [5.41, 5.74) is 1.08. The summed E-state index contributed by atoms with van der Waals surface area (Å²) in [6.07, 6.45) is -0.214. The number of nitrogens with zero attached hydrogens (tertiary/aromatic N) is 1. The number of benzene rings is 2. The van der Waals surface area contributed by atoms with Crippen molar-refractivity contribution in [3.05, 3.63) is 58.4 Å². The number of hydrogen-bond acceptors (Lipinski definition) is 4. The van der Waals surface area contributed by atoms with Gasteiger partial charge in [-0.3, -0.25) is 4.79 Å². The molecule has 0 atom stereocenters. The molecule has 2 aromatic rings. The van der Waals surface area contributed by atoms with Crippen LogP contribution in [0.2, 0.25) is 5.02 Å². The van der Waals surface area contributed by atoms with E-state index < -0.39 is 0 Å². The van der Waals surface area contributed by atoms with Gasteiger partial charge in [-0.1, -0.05) is 29.8 Å². The number of carbonyl (C=O) groups is 1. The first-order chi connectivity index (χ1) is 12.0. The van der Waals surface area contributed by atoms with Crippen molar-refractivity contribution in [3.63, 3.8) is 0 Å². The summed E-state index contributed by atoms with van der Waals surface area (Å²) in [6.45, 7) is 0.200. The summed E-state index contributed by atoms with van der Waals surface area (Å²) in [7, 11) is 1.46. The third kappa shape index (κ3) is 5.10. The van der Waals surface area contributed by atoms with Gasteiger partial charge in [0.1, 0.15) is 18.8 Å². The molecule has 1 amide bonds. The fourth-order valence-corrected chi connectivity index (χ4v) is 2.40. The second-order valence-corrected chi connectivity index (χ2v) is 5.51. The number of nitriles is 1. The zero-order valence-corrected chi connectivity index (χ0v) is 14.3. The van der Waals surface area contributed by atoms with Crippen LogP contribution in [0.5, 0.6) is 11.5 Å². The third-order valence-electron chi connectivity index (χ3n) is 3.35. The van der Waals surface area contributed by atoms with Crippen molar-refractivity contribution in [2.24, 2.45) is 0 Å². The molecule has 0 aliphatic rings. The number of ether oxygens (including phenoxy) is 2. The summed E-state index contributed by atoms with van der Waals surface area (Å²) in [6, 6.07) is 11.3. The fourth-order valence-electron chi connectivity index (χ4n) is 2.12. The Morgan fingerprint density at radius 1 is 1.36 bits per heavy atom. The van der Waals surface area contributed by atoms with Gasteiger partial charge in [-0.25, -0.2) is 4.39 Å². The van der Waals surface area contributed by atoms with Crippen molar-refractivity contribution < 1.29 is 18.7 Å². The molecule has 2 rings (SSSR count). The number of amides is 1. The Labute approximate surface area is 149 Å². The van der Waals surface area contributed by atoms with Crippen LogP contribution in [0.25, 0.3) is 0 Å². The lowest BCUT2D eigenvalue weighted by Crippen LogP contribution is -2.21. The van der Waals surface area contributed by atoms with Crippen molar-refractivity contribution in [1.29, 1.82) is 5.26 Å². The number of halogens is 2. The van der Waals surface area contributed by atoms with Crippen LogP contribution in [0.4, 0.5) is 4.39 Å². The van der Waals surface area contributed by atoms with Gasteiger partial charge in [-0.2, -0.15) is 5.26 Å². The Balaban J connectivity index is 2.12. The van der Waals surface area contributed by atoms with Crippen LogP contribution in [-0.4, -0.2) is 13.0 Å². The number of nitrogens with one attached hydrogen (secondary N) is 1. The molecule has 0 spiro atoms. The van der Waals surface area contributed by atoms with Crippen LogP contribution in [0, 0.1) is 17.1 Å². The molecule has 0 aliphatic carbocycles. The molecule has 5 nitrogen and oxygen atoms in total. The number of rotatable bonds is 7. The molecule has 25 heavy (non-hydrogen) atoms. The Morgan fingerprint density at radius 2 is 2.12 bits per heavy atom. The van der Waals surface area contributed by atoms with E-state index in [1.165, 1.54) is 13.2 Å². The zero-order chi connectivity index (χ0) is 18.2. The highest BCUT2D eigenvalue weighted by molar-refractivity contribution is 6.32.